The highest BCUT2D eigenvalue weighted by molar-refractivity contribution is 6.05. The van der Waals surface area contributed by atoms with Crippen LogP contribution in [0.15, 0.2) is 12.4 Å². The molecule has 0 saturated heterocycles. The molecule has 0 radical (unpaired) electrons. The Labute approximate surface area is 109 Å². The molecular weight excluding hydrogens is 254 g/mol. The van der Waals surface area contributed by atoms with Gasteiger partial charge in [-0.25, -0.2) is 9.59 Å². The van der Waals surface area contributed by atoms with E-state index < -0.39 is 23.9 Å². The Morgan fingerprint density at radius 2 is 1.84 bits per heavy atom. The summed E-state index contributed by atoms with van der Waals surface area (Å²) in [6.45, 7) is 3.38. The third kappa shape index (κ3) is 4.09. The fourth-order valence-electron chi connectivity index (χ4n) is 1.25. The molecular formula is C11H15N3O5. The monoisotopic (exact) mass is 269 g/mol. The Morgan fingerprint density at radius 1 is 1.26 bits per heavy atom. The van der Waals surface area contributed by atoms with Crippen molar-refractivity contribution in [1.29, 1.82) is 0 Å². The number of H-pyrrole nitrogens is 1. The third-order valence-electron chi connectivity index (χ3n) is 2.08. The van der Waals surface area contributed by atoms with Crippen molar-refractivity contribution in [3.8, 4) is 0 Å². The third-order valence-corrected chi connectivity index (χ3v) is 2.08. The summed E-state index contributed by atoms with van der Waals surface area (Å²) in [6, 6.07) is -1.48. The van der Waals surface area contributed by atoms with Crippen LogP contribution in [0.3, 0.4) is 0 Å². The lowest BCUT2D eigenvalue weighted by molar-refractivity contribution is -0.157. The van der Waals surface area contributed by atoms with Crippen LogP contribution >= 0.6 is 0 Å². The highest BCUT2D eigenvalue weighted by Crippen LogP contribution is 1.99. The van der Waals surface area contributed by atoms with Crippen molar-refractivity contribution in [3.63, 3.8) is 0 Å². The molecule has 8 nitrogen and oxygen atoms in total. The predicted octanol–water partition coefficient (Wildman–Crippen LogP) is -0.366. The molecule has 0 saturated carbocycles. The first-order chi connectivity index (χ1) is 9.10. The van der Waals surface area contributed by atoms with Gasteiger partial charge in [-0.05, 0) is 13.8 Å². The molecule has 0 aromatic carbocycles. The number of rotatable bonds is 6. The van der Waals surface area contributed by atoms with Crippen LogP contribution in [0.4, 0.5) is 0 Å². The molecule has 1 amide bonds. The van der Waals surface area contributed by atoms with Crippen LogP contribution in [0.25, 0.3) is 0 Å². The summed E-state index contributed by atoms with van der Waals surface area (Å²) in [7, 11) is 0. The number of nitrogens with one attached hydrogen (secondary N) is 2. The van der Waals surface area contributed by atoms with Gasteiger partial charge in [0, 0.05) is 6.20 Å². The summed E-state index contributed by atoms with van der Waals surface area (Å²) < 4.78 is 9.42. The summed E-state index contributed by atoms with van der Waals surface area (Å²) >= 11 is 0. The maximum atomic E-state index is 11.7. The average Bonchev–Trinajstić information content (AvgIpc) is 2.90. The summed E-state index contributed by atoms with van der Waals surface area (Å²) in [5, 5.41) is 8.28. The van der Waals surface area contributed by atoms with Crippen LogP contribution in [0, 0.1) is 0 Å². The molecule has 8 heteroatoms. The number of esters is 2. The molecule has 0 fully saturated rings. The van der Waals surface area contributed by atoms with E-state index in [1.165, 1.54) is 12.4 Å². The summed E-state index contributed by atoms with van der Waals surface area (Å²) in [5.74, 6) is -2.35. The van der Waals surface area contributed by atoms with Crippen molar-refractivity contribution in [2.75, 3.05) is 13.2 Å². The highest BCUT2D eigenvalue weighted by atomic mass is 16.6. The molecule has 2 N–H and O–H groups in total. The van der Waals surface area contributed by atoms with Gasteiger partial charge in [0.25, 0.3) is 5.91 Å². The zero-order chi connectivity index (χ0) is 14.3. The van der Waals surface area contributed by atoms with Crippen molar-refractivity contribution in [2.24, 2.45) is 0 Å². The fourth-order valence-corrected chi connectivity index (χ4v) is 1.25. The Bertz CT molecular complexity index is 425. The lowest BCUT2D eigenvalue weighted by Gasteiger charge is -2.15. The van der Waals surface area contributed by atoms with Gasteiger partial charge in [-0.3, -0.25) is 9.89 Å². The molecule has 0 atom stereocenters. The van der Waals surface area contributed by atoms with E-state index in [1.54, 1.807) is 13.8 Å². The second-order valence-corrected chi connectivity index (χ2v) is 3.40. The predicted molar refractivity (Wildman–Crippen MR) is 63.1 cm³/mol. The first kappa shape index (κ1) is 14.7. The van der Waals surface area contributed by atoms with Crippen LogP contribution in [0.2, 0.25) is 0 Å². The van der Waals surface area contributed by atoms with Gasteiger partial charge in [0.05, 0.1) is 25.0 Å². The van der Waals surface area contributed by atoms with Gasteiger partial charge in [-0.2, -0.15) is 5.10 Å². The standard InChI is InChI=1S/C11H15N3O5/c1-3-18-10(16)8(11(17)19-4-2)14-9(15)7-5-12-13-6-7/h5-6,8H,3-4H2,1-2H3,(H,12,13)(H,14,15). The zero-order valence-electron chi connectivity index (χ0n) is 10.6. The Hall–Kier alpha value is -2.38. The topological polar surface area (TPSA) is 110 Å². The minimum Gasteiger partial charge on any atom is -0.464 e. The molecule has 1 heterocycles. The maximum Gasteiger partial charge on any atom is 0.340 e. The van der Waals surface area contributed by atoms with E-state index in [-0.39, 0.29) is 18.8 Å². The van der Waals surface area contributed by atoms with Gasteiger partial charge >= 0.3 is 11.9 Å². The van der Waals surface area contributed by atoms with E-state index in [0.29, 0.717) is 0 Å². The number of aromatic nitrogens is 2. The number of hydrogen-bond acceptors (Lipinski definition) is 6. The van der Waals surface area contributed by atoms with Crippen LogP contribution in [-0.4, -0.2) is 47.3 Å². The van der Waals surface area contributed by atoms with Gasteiger partial charge < -0.3 is 14.8 Å². The normalized spacial score (nSPS) is 10.1. The van der Waals surface area contributed by atoms with E-state index in [9.17, 15) is 14.4 Å². The van der Waals surface area contributed by atoms with E-state index in [4.69, 9.17) is 9.47 Å². The highest BCUT2D eigenvalue weighted by Gasteiger charge is 2.31. The SMILES string of the molecule is CCOC(=O)C(NC(=O)c1cn[nH]c1)C(=O)OCC. The van der Waals surface area contributed by atoms with Gasteiger partial charge in [-0.1, -0.05) is 0 Å². The molecule has 1 rings (SSSR count). The molecule has 0 bridgehead atoms. The van der Waals surface area contributed by atoms with Crippen molar-refractivity contribution in [1.82, 2.24) is 15.5 Å². The van der Waals surface area contributed by atoms with Gasteiger partial charge in [0.15, 0.2) is 0 Å². The first-order valence-corrected chi connectivity index (χ1v) is 5.73. The number of carbonyl (C=O) groups is 3. The second-order valence-electron chi connectivity index (χ2n) is 3.40. The number of nitrogens with zero attached hydrogens (tertiary/aromatic N) is 1. The second kappa shape index (κ2) is 7.14. The lowest BCUT2D eigenvalue weighted by Crippen LogP contribution is -2.48. The van der Waals surface area contributed by atoms with Crippen molar-refractivity contribution < 1.29 is 23.9 Å². The molecule has 1 aromatic rings. The fraction of sp³-hybridized carbons (Fsp3) is 0.455. The largest absolute Gasteiger partial charge is 0.464 e. The zero-order valence-corrected chi connectivity index (χ0v) is 10.6. The van der Waals surface area contributed by atoms with Gasteiger partial charge in [0.2, 0.25) is 6.04 Å². The summed E-state index contributed by atoms with van der Waals surface area (Å²) in [4.78, 5) is 35.0. The average molecular weight is 269 g/mol. The summed E-state index contributed by atoms with van der Waals surface area (Å²) in [5.41, 5.74) is 0.193. The molecule has 1 aromatic heterocycles. The van der Waals surface area contributed by atoms with Gasteiger partial charge in [-0.15, -0.1) is 0 Å². The number of hydrogen-bond donors (Lipinski definition) is 2. The lowest BCUT2D eigenvalue weighted by atomic mass is 10.2. The van der Waals surface area contributed by atoms with Crippen LogP contribution < -0.4 is 5.32 Å². The van der Waals surface area contributed by atoms with Crippen molar-refractivity contribution >= 4 is 17.8 Å². The quantitative estimate of drug-likeness (QED) is 0.538. The van der Waals surface area contributed by atoms with E-state index in [1.807, 2.05) is 0 Å². The van der Waals surface area contributed by atoms with Crippen LogP contribution in [0.1, 0.15) is 24.2 Å². The van der Waals surface area contributed by atoms with Crippen molar-refractivity contribution in [3.05, 3.63) is 18.0 Å². The minimum absolute atomic E-state index is 0.0936. The molecule has 0 aliphatic rings. The molecule has 0 spiro atoms. The first-order valence-electron chi connectivity index (χ1n) is 5.73. The van der Waals surface area contributed by atoms with Crippen LogP contribution in [-0.2, 0) is 19.1 Å². The Kier molecular flexibility index (Phi) is 5.52. The molecule has 19 heavy (non-hydrogen) atoms. The Morgan fingerprint density at radius 3 is 2.26 bits per heavy atom. The molecule has 0 unspecified atom stereocenters. The summed E-state index contributed by atoms with van der Waals surface area (Å²) in [6.07, 6.45) is 2.60. The number of ether oxygens (including phenoxy) is 2. The Balaban J connectivity index is 2.76. The molecule has 104 valence electrons. The maximum absolute atomic E-state index is 11.7. The number of carbonyl (C=O) groups excluding carboxylic acids is 3. The number of aromatic amines is 1. The molecule has 0 aliphatic carbocycles. The van der Waals surface area contributed by atoms with E-state index in [0.717, 1.165) is 0 Å². The van der Waals surface area contributed by atoms with Gasteiger partial charge in [0.1, 0.15) is 0 Å². The van der Waals surface area contributed by atoms with Crippen molar-refractivity contribution in [2.45, 2.75) is 19.9 Å². The van der Waals surface area contributed by atoms with Crippen LogP contribution in [0.5, 0.6) is 0 Å². The minimum atomic E-state index is -1.48. The molecule has 0 aliphatic heterocycles. The van der Waals surface area contributed by atoms with E-state index >= 15 is 0 Å². The smallest absolute Gasteiger partial charge is 0.340 e. The number of amides is 1. The van der Waals surface area contributed by atoms with E-state index in [2.05, 4.69) is 15.5 Å².